The van der Waals surface area contributed by atoms with Crippen molar-refractivity contribution in [3.05, 3.63) is 33.8 Å². The van der Waals surface area contributed by atoms with E-state index in [2.05, 4.69) is 21.5 Å². The van der Waals surface area contributed by atoms with Gasteiger partial charge in [0.15, 0.2) is 5.76 Å². The molecule has 0 radical (unpaired) electrons. The van der Waals surface area contributed by atoms with Crippen LogP contribution in [0.1, 0.15) is 22.8 Å². The summed E-state index contributed by atoms with van der Waals surface area (Å²) >= 11 is 1.74. The third kappa shape index (κ3) is 3.50. The highest BCUT2D eigenvalue weighted by Crippen LogP contribution is 2.24. The summed E-state index contributed by atoms with van der Waals surface area (Å²) in [5.41, 5.74) is 0.433. The van der Waals surface area contributed by atoms with Gasteiger partial charge in [0, 0.05) is 31.1 Å². The van der Waals surface area contributed by atoms with Crippen LogP contribution in [-0.4, -0.2) is 49.0 Å². The van der Waals surface area contributed by atoms with Crippen molar-refractivity contribution in [1.29, 1.82) is 0 Å². The minimum atomic E-state index is -3.54. The Hall–Kier alpha value is -1.22. The Kier molecular flexibility index (Phi) is 4.86. The van der Waals surface area contributed by atoms with Crippen molar-refractivity contribution in [3.63, 3.8) is 0 Å². The van der Waals surface area contributed by atoms with Crippen LogP contribution in [0.5, 0.6) is 0 Å². The summed E-state index contributed by atoms with van der Waals surface area (Å²) in [6, 6.07) is 4.17. The summed E-state index contributed by atoms with van der Waals surface area (Å²) in [4.78, 5) is 3.85. The van der Waals surface area contributed by atoms with Crippen LogP contribution < -0.4 is 0 Å². The average molecular weight is 355 g/mol. The normalized spacial score (nSPS) is 18.2. The zero-order chi connectivity index (χ0) is 16.4. The van der Waals surface area contributed by atoms with Gasteiger partial charge in [-0.05, 0) is 38.3 Å². The van der Waals surface area contributed by atoms with Gasteiger partial charge in [0.05, 0.1) is 0 Å². The number of rotatable bonds is 4. The van der Waals surface area contributed by atoms with Crippen LogP contribution in [0.3, 0.4) is 0 Å². The van der Waals surface area contributed by atoms with Gasteiger partial charge in [-0.25, -0.2) is 8.42 Å². The molecule has 0 amide bonds. The van der Waals surface area contributed by atoms with Crippen LogP contribution in [0, 0.1) is 13.8 Å². The molecule has 6 nitrogen and oxygen atoms in total. The predicted molar refractivity (Wildman–Crippen MR) is 88.9 cm³/mol. The van der Waals surface area contributed by atoms with Gasteiger partial charge in [0.1, 0.15) is 10.6 Å². The van der Waals surface area contributed by atoms with Crippen molar-refractivity contribution in [2.75, 3.05) is 26.2 Å². The van der Waals surface area contributed by atoms with E-state index in [-0.39, 0.29) is 4.90 Å². The quantitative estimate of drug-likeness (QED) is 0.841. The molecule has 0 saturated carbocycles. The van der Waals surface area contributed by atoms with E-state index in [1.807, 2.05) is 6.07 Å². The lowest BCUT2D eigenvalue weighted by atomic mass is 10.3. The molecular formula is C15H21N3O3S2. The summed E-state index contributed by atoms with van der Waals surface area (Å²) in [6.45, 7) is 6.88. The first kappa shape index (κ1) is 16.6. The fourth-order valence-electron chi connectivity index (χ4n) is 2.94. The molecule has 0 N–H and O–H groups in total. The molecule has 0 bridgehead atoms. The van der Waals surface area contributed by atoms with Crippen molar-refractivity contribution in [3.8, 4) is 0 Å². The Morgan fingerprint density at radius 2 is 2.09 bits per heavy atom. The second-order valence-corrected chi connectivity index (χ2v) is 8.67. The molecule has 0 unspecified atom stereocenters. The maximum absolute atomic E-state index is 12.9. The van der Waals surface area contributed by atoms with E-state index in [0.29, 0.717) is 24.5 Å². The van der Waals surface area contributed by atoms with Gasteiger partial charge in [-0.3, -0.25) is 4.90 Å². The van der Waals surface area contributed by atoms with Crippen LogP contribution in [0.2, 0.25) is 0 Å². The van der Waals surface area contributed by atoms with E-state index in [1.165, 1.54) is 4.88 Å². The van der Waals surface area contributed by atoms with Gasteiger partial charge in [-0.2, -0.15) is 4.31 Å². The van der Waals surface area contributed by atoms with E-state index >= 15 is 0 Å². The number of sulfonamides is 1. The van der Waals surface area contributed by atoms with Crippen molar-refractivity contribution in [1.82, 2.24) is 14.4 Å². The van der Waals surface area contributed by atoms with Gasteiger partial charge in [0.2, 0.25) is 10.0 Å². The molecule has 1 aliphatic heterocycles. The Morgan fingerprint density at radius 1 is 1.26 bits per heavy atom. The molecule has 0 atom stereocenters. The molecule has 0 aliphatic carbocycles. The summed E-state index contributed by atoms with van der Waals surface area (Å²) in [5.74, 6) is 0.363. The lowest BCUT2D eigenvalue weighted by molar-refractivity contribution is 0.281. The Bertz CT molecular complexity index is 734. The van der Waals surface area contributed by atoms with Crippen LogP contribution >= 0.6 is 11.3 Å². The molecule has 0 spiro atoms. The first-order valence-electron chi connectivity index (χ1n) is 7.66. The molecule has 8 heteroatoms. The summed E-state index contributed by atoms with van der Waals surface area (Å²) in [7, 11) is -3.54. The Balaban J connectivity index is 1.72. The SMILES string of the molecule is Cc1noc(C)c1S(=O)(=O)N1CCCN(Cc2cccs2)CC1. The van der Waals surface area contributed by atoms with Crippen LogP contribution in [0.4, 0.5) is 0 Å². The number of aryl methyl sites for hydroxylation is 2. The monoisotopic (exact) mass is 355 g/mol. The van der Waals surface area contributed by atoms with Gasteiger partial charge in [-0.15, -0.1) is 11.3 Å². The summed E-state index contributed by atoms with van der Waals surface area (Å²) < 4.78 is 32.3. The number of thiophene rings is 1. The standard InChI is InChI=1S/C15H21N3O3S2/c1-12-15(13(2)21-16-12)23(19,20)18-7-4-6-17(8-9-18)11-14-5-3-10-22-14/h3,5,10H,4,6-9,11H2,1-2H3. The summed E-state index contributed by atoms with van der Waals surface area (Å²) in [6.07, 6.45) is 0.827. The van der Waals surface area contributed by atoms with Crippen LogP contribution in [-0.2, 0) is 16.6 Å². The second-order valence-electron chi connectivity index (χ2n) is 5.77. The lowest BCUT2D eigenvalue weighted by Gasteiger charge is -2.21. The summed E-state index contributed by atoms with van der Waals surface area (Å²) in [5, 5.41) is 5.85. The maximum Gasteiger partial charge on any atom is 0.248 e. The molecule has 3 heterocycles. The lowest BCUT2D eigenvalue weighted by Crippen LogP contribution is -2.35. The Morgan fingerprint density at radius 3 is 2.74 bits per heavy atom. The predicted octanol–water partition coefficient (Wildman–Crippen LogP) is 2.25. The molecule has 1 aliphatic rings. The minimum Gasteiger partial charge on any atom is -0.360 e. The van der Waals surface area contributed by atoms with Crippen LogP contribution in [0.25, 0.3) is 0 Å². The smallest absolute Gasteiger partial charge is 0.248 e. The molecule has 0 aromatic carbocycles. The van der Waals surface area contributed by atoms with E-state index < -0.39 is 10.0 Å². The van der Waals surface area contributed by atoms with E-state index in [9.17, 15) is 8.42 Å². The molecule has 2 aromatic heterocycles. The highest BCUT2D eigenvalue weighted by Gasteiger charge is 2.32. The molecule has 2 aromatic rings. The fraction of sp³-hybridized carbons (Fsp3) is 0.533. The number of hydrogen-bond donors (Lipinski definition) is 0. The van der Waals surface area contributed by atoms with Gasteiger partial charge in [-0.1, -0.05) is 11.2 Å². The molecule has 23 heavy (non-hydrogen) atoms. The molecule has 126 valence electrons. The largest absolute Gasteiger partial charge is 0.360 e. The Labute approximate surface area is 140 Å². The second kappa shape index (κ2) is 6.72. The van der Waals surface area contributed by atoms with E-state index in [4.69, 9.17) is 4.52 Å². The third-order valence-corrected chi connectivity index (χ3v) is 7.08. The third-order valence-electron chi connectivity index (χ3n) is 4.07. The molecule has 1 fully saturated rings. The van der Waals surface area contributed by atoms with Crippen molar-refractivity contribution in [2.24, 2.45) is 0 Å². The van der Waals surface area contributed by atoms with E-state index in [1.54, 1.807) is 29.5 Å². The van der Waals surface area contributed by atoms with Crippen molar-refractivity contribution >= 4 is 21.4 Å². The maximum atomic E-state index is 12.9. The topological polar surface area (TPSA) is 66.7 Å². The van der Waals surface area contributed by atoms with Gasteiger partial charge >= 0.3 is 0 Å². The van der Waals surface area contributed by atoms with Crippen LogP contribution in [0.15, 0.2) is 26.9 Å². The number of hydrogen-bond acceptors (Lipinski definition) is 6. The first-order chi connectivity index (χ1) is 11.0. The highest BCUT2D eigenvalue weighted by molar-refractivity contribution is 7.89. The van der Waals surface area contributed by atoms with Gasteiger partial charge in [0.25, 0.3) is 0 Å². The zero-order valence-electron chi connectivity index (χ0n) is 13.4. The molecule has 1 saturated heterocycles. The number of nitrogens with zero attached hydrogens (tertiary/aromatic N) is 3. The zero-order valence-corrected chi connectivity index (χ0v) is 15.0. The highest BCUT2D eigenvalue weighted by atomic mass is 32.2. The van der Waals surface area contributed by atoms with Crippen molar-refractivity contribution in [2.45, 2.75) is 31.7 Å². The van der Waals surface area contributed by atoms with Gasteiger partial charge < -0.3 is 4.52 Å². The first-order valence-corrected chi connectivity index (χ1v) is 9.98. The average Bonchev–Trinajstić information content (AvgIpc) is 3.04. The minimum absolute atomic E-state index is 0.226. The molecular weight excluding hydrogens is 334 g/mol. The molecule has 3 rings (SSSR count). The fourth-order valence-corrected chi connectivity index (χ4v) is 5.45. The van der Waals surface area contributed by atoms with E-state index in [0.717, 1.165) is 26.1 Å². The number of aromatic nitrogens is 1. The van der Waals surface area contributed by atoms with Crippen molar-refractivity contribution < 1.29 is 12.9 Å².